The minimum absolute atomic E-state index is 0.245. The number of nitrogens with zero attached hydrogens (tertiary/aromatic N) is 1. The van der Waals surface area contributed by atoms with Gasteiger partial charge in [0.2, 0.25) is 5.76 Å². The van der Waals surface area contributed by atoms with Crippen molar-refractivity contribution in [2.45, 2.75) is 0 Å². The van der Waals surface area contributed by atoms with Crippen molar-refractivity contribution < 1.29 is 13.9 Å². The van der Waals surface area contributed by atoms with Crippen molar-refractivity contribution in [1.82, 2.24) is 5.32 Å². The van der Waals surface area contributed by atoms with E-state index in [2.05, 4.69) is 21.0 Å². The Hall–Kier alpha value is -2.01. The predicted molar refractivity (Wildman–Crippen MR) is 72.6 cm³/mol. The zero-order chi connectivity index (χ0) is 13.2. The Kier molecular flexibility index (Phi) is 3.13. The molecule has 100 valence electrons. The topological polar surface area (TPSA) is 54.7 Å². The van der Waals surface area contributed by atoms with Crippen molar-refractivity contribution in [2.24, 2.45) is 0 Å². The number of anilines is 1. The van der Waals surface area contributed by atoms with Crippen LogP contribution < -0.4 is 10.2 Å². The summed E-state index contributed by atoms with van der Waals surface area (Å²) in [5.41, 5.74) is 1.87. The molecule has 0 saturated carbocycles. The van der Waals surface area contributed by atoms with E-state index < -0.39 is 5.97 Å². The second-order valence-electron chi connectivity index (χ2n) is 4.56. The number of benzene rings is 1. The Bertz CT molecular complexity index is 600. The number of piperazine rings is 1. The highest BCUT2D eigenvalue weighted by Gasteiger charge is 2.15. The highest BCUT2D eigenvalue weighted by Crippen LogP contribution is 2.25. The van der Waals surface area contributed by atoms with Gasteiger partial charge in [0.05, 0.1) is 7.11 Å². The van der Waals surface area contributed by atoms with E-state index in [0.717, 1.165) is 37.3 Å². The van der Waals surface area contributed by atoms with Gasteiger partial charge in [-0.2, -0.15) is 0 Å². The minimum atomic E-state index is -0.445. The molecule has 1 saturated heterocycles. The number of esters is 1. The molecule has 1 aliphatic rings. The van der Waals surface area contributed by atoms with Gasteiger partial charge in [0.25, 0.3) is 0 Å². The van der Waals surface area contributed by atoms with E-state index in [0.29, 0.717) is 5.58 Å². The number of fused-ring (bicyclic) bond motifs is 1. The molecule has 2 heterocycles. The van der Waals surface area contributed by atoms with Gasteiger partial charge in [0.15, 0.2) is 0 Å². The van der Waals surface area contributed by atoms with Crippen molar-refractivity contribution in [3.05, 3.63) is 30.0 Å². The first-order valence-electron chi connectivity index (χ1n) is 6.35. The molecule has 0 atom stereocenters. The van der Waals surface area contributed by atoms with Crippen LogP contribution in [0.1, 0.15) is 10.6 Å². The molecule has 19 heavy (non-hydrogen) atoms. The van der Waals surface area contributed by atoms with Crippen molar-refractivity contribution >= 4 is 22.6 Å². The molecule has 1 fully saturated rings. The average Bonchev–Trinajstić information content (AvgIpc) is 2.90. The van der Waals surface area contributed by atoms with E-state index in [1.165, 1.54) is 7.11 Å². The molecule has 3 rings (SSSR count). The average molecular weight is 260 g/mol. The van der Waals surface area contributed by atoms with Gasteiger partial charge in [-0.15, -0.1) is 0 Å². The van der Waals surface area contributed by atoms with Crippen LogP contribution in [0.4, 0.5) is 5.69 Å². The summed E-state index contributed by atoms with van der Waals surface area (Å²) < 4.78 is 10.1. The van der Waals surface area contributed by atoms with Gasteiger partial charge in [-0.25, -0.2) is 4.79 Å². The zero-order valence-electron chi connectivity index (χ0n) is 10.8. The Morgan fingerprint density at radius 3 is 2.84 bits per heavy atom. The third-order valence-corrected chi connectivity index (χ3v) is 3.37. The van der Waals surface area contributed by atoms with Crippen LogP contribution in [0, 0.1) is 0 Å². The Morgan fingerprint density at radius 2 is 2.11 bits per heavy atom. The quantitative estimate of drug-likeness (QED) is 0.832. The third-order valence-electron chi connectivity index (χ3n) is 3.37. The van der Waals surface area contributed by atoms with Crippen LogP contribution in [0.15, 0.2) is 28.7 Å². The van der Waals surface area contributed by atoms with Crippen LogP contribution in [-0.2, 0) is 4.74 Å². The first kappa shape index (κ1) is 12.0. The molecule has 5 nitrogen and oxygen atoms in total. The number of ether oxygens (including phenoxy) is 1. The molecule has 5 heteroatoms. The number of hydrogen-bond acceptors (Lipinski definition) is 5. The SMILES string of the molecule is COC(=O)c1cc2cc(N3CCNCC3)ccc2o1. The lowest BCUT2D eigenvalue weighted by atomic mass is 10.2. The maximum atomic E-state index is 11.4. The molecular weight excluding hydrogens is 244 g/mol. The minimum Gasteiger partial charge on any atom is -0.463 e. The number of nitrogens with one attached hydrogen (secondary N) is 1. The molecule has 2 aromatic rings. The van der Waals surface area contributed by atoms with Crippen LogP contribution in [0.5, 0.6) is 0 Å². The fourth-order valence-electron chi connectivity index (χ4n) is 2.35. The number of furan rings is 1. The van der Waals surface area contributed by atoms with E-state index in [4.69, 9.17) is 4.42 Å². The summed E-state index contributed by atoms with van der Waals surface area (Å²) in [6.45, 7) is 3.98. The number of hydrogen-bond donors (Lipinski definition) is 1. The van der Waals surface area contributed by atoms with Gasteiger partial charge in [-0.1, -0.05) is 0 Å². The zero-order valence-corrected chi connectivity index (χ0v) is 10.8. The number of carbonyl (C=O) groups excluding carboxylic acids is 1. The molecule has 0 aliphatic carbocycles. The second-order valence-corrected chi connectivity index (χ2v) is 4.56. The normalized spacial score (nSPS) is 15.7. The molecule has 0 amide bonds. The Labute approximate surface area is 111 Å². The fourth-order valence-corrected chi connectivity index (χ4v) is 2.35. The number of carbonyl (C=O) groups is 1. The molecule has 1 N–H and O–H groups in total. The van der Waals surface area contributed by atoms with Crippen LogP contribution in [-0.4, -0.2) is 39.3 Å². The lowest BCUT2D eigenvalue weighted by Crippen LogP contribution is -2.43. The standard InChI is InChI=1S/C14H16N2O3/c1-18-14(17)13-9-10-8-11(2-3-12(10)19-13)16-6-4-15-5-7-16/h2-3,8-9,15H,4-7H2,1H3. The van der Waals surface area contributed by atoms with Gasteiger partial charge in [-0.05, 0) is 24.3 Å². The van der Waals surface area contributed by atoms with E-state index in [1.807, 2.05) is 12.1 Å². The van der Waals surface area contributed by atoms with Crippen LogP contribution in [0.2, 0.25) is 0 Å². The molecule has 1 aromatic heterocycles. The highest BCUT2D eigenvalue weighted by atomic mass is 16.5. The second kappa shape index (κ2) is 4.93. The summed E-state index contributed by atoms with van der Waals surface area (Å²) >= 11 is 0. The molecule has 1 aliphatic heterocycles. The summed E-state index contributed by atoms with van der Waals surface area (Å²) in [4.78, 5) is 13.8. The first-order valence-corrected chi connectivity index (χ1v) is 6.35. The van der Waals surface area contributed by atoms with Crippen molar-refractivity contribution in [3.63, 3.8) is 0 Å². The molecule has 0 radical (unpaired) electrons. The van der Waals surface area contributed by atoms with Crippen LogP contribution in [0.3, 0.4) is 0 Å². The van der Waals surface area contributed by atoms with Crippen molar-refractivity contribution in [1.29, 1.82) is 0 Å². The maximum absolute atomic E-state index is 11.4. The Morgan fingerprint density at radius 1 is 1.32 bits per heavy atom. The highest BCUT2D eigenvalue weighted by molar-refractivity contribution is 5.93. The van der Waals surface area contributed by atoms with Gasteiger partial charge in [-0.3, -0.25) is 0 Å². The molecule has 1 aromatic carbocycles. The van der Waals surface area contributed by atoms with Crippen LogP contribution >= 0.6 is 0 Å². The molecule has 0 spiro atoms. The maximum Gasteiger partial charge on any atom is 0.373 e. The lowest BCUT2D eigenvalue weighted by Gasteiger charge is -2.29. The summed E-state index contributed by atoms with van der Waals surface area (Å²) in [5.74, 6) is -0.199. The van der Waals surface area contributed by atoms with E-state index in [1.54, 1.807) is 6.07 Å². The van der Waals surface area contributed by atoms with Gasteiger partial charge in [0, 0.05) is 37.3 Å². The molecular formula is C14H16N2O3. The summed E-state index contributed by atoms with van der Waals surface area (Å²) in [5, 5.41) is 4.25. The lowest BCUT2D eigenvalue weighted by molar-refractivity contribution is 0.0567. The molecule has 0 bridgehead atoms. The smallest absolute Gasteiger partial charge is 0.373 e. The van der Waals surface area contributed by atoms with Crippen molar-refractivity contribution in [3.8, 4) is 0 Å². The molecule has 0 unspecified atom stereocenters. The van der Waals surface area contributed by atoms with Gasteiger partial charge < -0.3 is 19.4 Å². The largest absolute Gasteiger partial charge is 0.463 e. The first-order chi connectivity index (χ1) is 9.28. The van der Waals surface area contributed by atoms with E-state index in [9.17, 15) is 4.79 Å². The van der Waals surface area contributed by atoms with E-state index in [-0.39, 0.29) is 5.76 Å². The Balaban J connectivity index is 1.93. The monoisotopic (exact) mass is 260 g/mol. The summed E-state index contributed by atoms with van der Waals surface area (Å²) in [7, 11) is 1.35. The third kappa shape index (κ3) is 2.29. The van der Waals surface area contributed by atoms with Crippen molar-refractivity contribution in [2.75, 3.05) is 38.2 Å². The summed E-state index contributed by atoms with van der Waals surface area (Å²) in [6, 6.07) is 7.71. The number of methoxy groups -OCH3 is 1. The summed E-state index contributed by atoms with van der Waals surface area (Å²) in [6.07, 6.45) is 0. The fraction of sp³-hybridized carbons (Fsp3) is 0.357. The number of rotatable bonds is 2. The van der Waals surface area contributed by atoms with Gasteiger partial charge in [0.1, 0.15) is 5.58 Å². The van der Waals surface area contributed by atoms with E-state index >= 15 is 0 Å². The van der Waals surface area contributed by atoms with Crippen LogP contribution in [0.25, 0.3) is 11.0 Å². The van der Waals surface area contributed by atoms with Gasteiger partial charge >= 0.3 is 5.97 Å². The predicted octanol–water partition coefficient (Wildman–Crippen LogP) is 1.63.